The van der Waals surface area contributed by atoms with Crippen LogP contribution in [0.15, 0.2) is 60.8 Å². The molecule has 0 bridgehead atoms. The molecule has 2 heterocycles. The van der Waals surface area contributed by atoms with Gasteiger partial charge in [-0.3, -0.25) is 9.59 Å². The number of nitrogens with zero attached hydrogens (tertiary/aromatic N) is 2. The van der Waals surface area contributed by atoms with Gasteiger partial charge < -0.3 is 15.0 Å². The Morgan fingerprint density at radius 3 is 2.77 bits per heavy atom. The van der Waals surface area contributed by atoms with Crippen LogP contribution in [0.5, 0.6) is 11.6 Å². The van der Waals surface area contributed by atoms with Crippen molar-refractivity contribution in [1.82, 2.24) is 10.3 Å². The first-order chi connectivity index (χ1) is 15.0. The van der Waals surface area contributed by atoms with Gasteiger partial charge in [-0.05, 0) is 60.9 Å². The van der Waals surface area contributed by atoms with Gasteiger partial charge >= 0.3 is 0 Å². The van der Waals surface area contributed by atoms with Gasteiger partial charge in [-0.2, -0.15) is 0 Å². The minimum Gasteiger partial charge on any atom is -0.436 e. The van der Waals surface area contributed by atoms with E-state index in [-0.39, 0.29) is 29.9 Å². The Labute approximate surface area is 179 Å². The van der Waals surface area contributed by atoms with Gasteiger partial charge in [0.25, 0.3) is 5.91 Å². The van der Waals surface area contributed by atoms with Crippen molar-refractivity contribution in [1.29, 1.82) is 0 Å². The lowest BCUT2D eigenvalue weighted by Crippen LogP contribution is -2.32. The van der Waals surface area contributed by atoms with Crippen LogP contribution in [0.4, 0.5) is 10.1 Å². The number of aromatic nitrogens is 1. The number of rotatable bonds is 6. The second-order valence-electron chi connectivity index (χ2n) is 7.39. The number of anilines is 1. The molecule has 0 fully saturated rings. The zero-order chi connectivity index (χ0) is 21.8. The molecule has 158 valence electrons. The third-order valence-corrected chi connectivity index (χ3v) is 5.05. The van der Waals surface area contributed by atoms with Crippen LogP contribution in [0, 0.1) is 12.7 Å². The van der Waals surface area contributed by atoms with Crippen molar-refractivity contribution in [2.75, 3.05) is 11.4 Å². The van der Waals surface area contributed by atoms with Crippen molar-refractivity contribution >= 4 is 17.5 Å². The van der Waals surface area contributed by atoms with E-state index in [1.54, 1.807) is 35.4 Å². The molecule has 2 aromatic carbocycles. The van der Waals surface area contributed by atoms with Crippen molar-refractivity contribution in [3.05, 3.63) is 83.3 Å². The van der Waals surface area contributed by atoms with Gasteiger partial charge in [0.1, 0.15) is 11.4 Å². The molecular weight excluding hydrogens is 397 g/mol. The molecule has 6 nitrogen and oxygen atoms in total. The number of nitrogens with one attached hydrogen (secondary N) is 1. The number of benzene rings is 2. The molecule has 3 aromatic rings. The minimum atomic E-state index is -0.312. The fourth-order valence-corrected chi connectivity index (χ4v) is 3.43. The maximum atomic E-state index is 13.2. The molecule has 7 heteroatoms. The summed E-state index contributed by atoms with van der Waals surface area (Å²) < 4.78 is 18.9. The van der Waals surface area contributed by atoms with E-state index in [4.69, 9.17) is 4.74 Å². The number of amides is 2. The van der Waals surface area contributed by atoms with E-state index in [1.165, 1.54) is 12.1 Å². The lowest BCUT2D eigenvalue weighted by molar-refractivity contribution is -0.121. The van der Waals surface area contributed by atoms with Crippen molar-refractivity contribution < 1.29 is 18.7 Å². The van der Waals surface area contributed by atoms with Crippen LogP contribution in [-0.4, -0.2) is 23.3 Å². The zero-order valence-corrected chi connectivity index (χ0v) is 17.1. The monoisotopic (exact) mass is 419 g/mol. The summed E-state index contributed by atoms with van der Waals surface area (Å²) in [5.74, 6) is 0.177. The van der Waals surface area contributed by atoms with E-state index in [0.717, 1.165) is 11.1 Å². The number of ether oxygens (including phenoxy) is 1. The molecule has 0 spiro atoms. The van der Waals surface area contributed by atoms with Crippen molar-refractivity contribution in [2.45, 2.75) is 26.3 Å². The standard InChI is InChI=1S/C24H22FN3O3/c1-16-6-11-21-20(14-16)28(24(30)19-4-2-12-26-23(19)31-21)13-3-5-22(29)27-15-17-7-9-18(25)10-8-17/h2,4,6-12,14H,3,5,13,15H2,1H3,(H,27,29). The summed E-state index contributed by atoms with van der Waals surface area (Å²) in [5, 5.41) is 2.82. The van der Waals surface area contributed by atoms with Crippen LogP contribution >= 0.6 is 0 Å². The minimum absolute atomic E-state index is 0.130. The van der Waals surface area contributed by atoms with E-state index >= 15 is 0 Å². The fraction of sp³-hybridized carbons (Fsp3) is 0.208. The molecule has 0 saturated carbocycles. The molecule has 1 aliphatic heterocycles. The lowest BCUT2D eigenvalue weighted by Gasteiger charge is -2.22. The van der Waals surface area contributed by atoms with Gasteiger partial charge in [0, 0.05) is 25.7 Å². The summed E-state index contributed by atoms with van der Waals surface area (Å²) in [5.41, 5.74) is 2.87. The van der Waals surface area contributed by atoms with Gasteiger partial charge in [-0.1, -0.05) is 18.2 Å². The number of hydrogen-bond acceptors (Lipinski definition) is 4. The zero-order valence-electron chi connectivity index (χ0n) is 17.1. The molecular formula is C24H22FN3O3. The quantitative estimate of drug-likeness (QED) is 0.644. The van der Waals surface area contributed by atoms with E-state index in [9.17, 15) is 14.0 Å². The molecule has 0 unspecified atom stereocenters. The number of carbonyl (C=O) groups excluding carboxylic acids is 2. The molecule has 1 aromatic heterocycles. The van der Waals surface area contributed by atoms with Crippen molar-refractivity contribution in [3.8, 4) is 11.6 Å². The van der Waals surface area contributed by atoms with Crippen molar-refractivity contribution in [2.24, 2.45) is 0 Å². The number of halogens is 1. The Morgan fingerprint density at radius 1 is 1.16 bits per heavy atom. The second-order valence-corrected chi connectivity index (χ2v) is 7.39. The Kier molecular flexibility index (Phi) is 5.93. The molecule has 1 N–H and O–H groups in total. The number of hydrogen-bond donors (Lipinski definition) is 1. The predicted molar refractivity (Wildman–Crippen MR) is 115 cm³/mol. The molecule has 4 rings (SSSR count). The Balaban J connectivity index is 1.43. The Bertz CT molecular complexity index is 1120. The van der Waals surface area contributed by atoms with Crippen LogP contribution in [0.3, 0.4) is 0 Å². The topological polar surface area (TPSA) is 71.5 Å². The summed E-state index contributed by atoms with van der Waals surface area (Å²) in [6.07, 6.45) is 2.32. The largest absolute Gasteiger partial charge is 0.436 e. The fourth-order valence-electron chi connectivity index (χ4n) is 3.43. The van der Waals surface area contributed by atoms with Crippen LogP contribution in [0.2, 0.25) is 0 Å². The highest BCUT2D eigenvalue weighted by atomic mass is 19.1. The highest BCUT2D eigenvalue weighted by Gasteiger charge is 2.28. The first-order valence-electron chi connectivity index (χ1n) is 10.1. The van der Waals surface area contributed by atoms with Crippen LogP contribution in [-0.2, 0) is 11.3 Å². The molecule has 0 radical (unpaired) electrons. The number of fused-ring (bicyclic) bond motifs is 2. The van der Waals surface area contributed by atoms with Gasteiger partial charge in [0.2, 0.25) is 11.8 Å². The summed E-state index contributed by atoms with van der Waals surface area (Å²) in [6, 6.07) is 15.0. The van der Waals surface area contributed by atoms with E-state index in [0.29, 0.717) is 36.5 Å². The van der Waals surface area contributed by atoms with E-state index in [2.05, 4.69) is 10.3 Å². The highest BCUT2D eigenvalue weighted by Crippen LogP contribution is 2.38. The number of aryl methyl sites for hydroxylation is 1. The van der Waals surface area contributed by atoms with Gasteiger partial charge in [-0.15, -0.1) is 0 Å². The first kappa shape index (κ1) is 20.5. The molecule has 0 saturated heterocycles. The van der Waals surface area contributed by atoms with Crippen LogP contribution in [0.1, 0.15) is 34.3 Å². The van der Waals surface area contributed by atoms with Crippen LogP contribution in [0.25, 0.3) is 0 Å². The highest BCUT2D eigenvalue weighted by molar-refractivity contribution is 6.09. The number of carbonyl (C=O) groups is 2. The summed E-state index contributed by atoms with van der Waals surface area (Å²) in [4.78, 5) is 31.3. The Morgan fingerprint density at radius 2 is 1.97 bits per heavy atom. The SMILES string of the molecule is Cc1ccc2c(c1)N(CCCC(=O)NCc1ccc(F)cc1)C(=O)c1cccnc1O2. The van der Waals surface area contributed by atoms with Gasteiger partial charge in [-0.25, -0.2) is 9.37 Å². The average Bonchev–Trinajstić information content (AvgIpc) is 2.88. The van der Waals surface area contributed by atoms with Gasteiger partial charge in [0.05, 0.1) is 5.69 Å². The van der Waals surface area contributed by atoms with E-state index < -0.39 is 0 Å². The number of pyridine rings is 1. The molecule has 0 aliphatic carbocycles. The maximum Gasteiger partial charge on any atom is 0.263 e. The molecule has 0 atom stereocenters. The summed E-state index contributed by atoms with van der Waals surface area (Å²) in [7, 11) is 0. The third-order valence-electron chi connectivity index (χ3n) is 5.05. The van der Waals surface area contributed by atoms with Crippen molar-refractivity contribution in [3.63, 3.8) is 0 Å². The third kappa shape index (κ3) is 4.71. The maximum absolute atomic E-state index is 13.2. The lowest BCUT2D eigenvalue weighted by atomic mass is 10.1. The van der Waals surface area contributed by atoms with Gasteiger partial charge in [0.15, 0.2) is 5.75 Å². The van der Waals surface area contributed by atoms with Crippen LogP contribution < -0.4 is 15.0 Å². The smallest absolute Gasteiger partial charge is 0.263 e. The molecule has 31 heavy (non-hydrogen) atoms. The predicted octanol–water partition coefficient (Wildman–Crippen LogP) is 4.38. The molecule has 1 aliphatic rings. The van der Waals surface area contributed by atoms with E-state index in [1.807, 2.05) is 25.1 Å². The summed E-state index contributed by atoms with van der Waals surface area (Å²) >= 11 is 0. The second kappa shape index (κ2) is 8.95. The molecule has 2 amide bonds. The Hall–Kier alpha value is -3.74. The first-order valence-corrected chi connectivity index (χ1v) is 10.1. The average molecular weight is 419 g/mol. The normalized spacial score (nSPS) is 12.5. The summed E-state index contributed by atoms with van der Waals surface area (Å²) in [6.45, 7) is 2.63.